The molecule has 2 aliphatic heterocycles. The molecule has 0 radical (unpaired) electrons. The van der Waals surface area contributed by atoms with E-state index in [1.54, 1.807) is 6.92 Å². The van der Waals surface area contributed by atoms with Gasteiger partial charge in [0.05, 0.1) is 12.6 Å². The fourth-order valence-corrected chi connectivity index (χ4v) is 3.16. The summed E-state index contributed by atoms with van der Waals surface area (Å²) in [4.78, 5) is 28.3. The first-order valence-corrected chi connectivity index (χ1v) is 8.30. The Morgan fingerprint density at radius 2 is 1.82 bits per heavy atom. The number of carbonyl (C=O) groups excluding carboxylic acids is 2. The number of piperidine rings is 2. The molecule has 0 aromatic rings. The van der Waals surface area contributed by atoms with Crippen molar-refractivity contribution in [1.29, 1.82) is 5.26 Å². The number of likely N-dealkylation sites (tertiary alicyclic amines) is 2. The number of nitriles is 1. The van der Waals surface area contributed by atoms with Crippen LogP contribution in [0.4, 0.5) is 0 Å². The van der Waals surface area contributed by atoms with Gasteiger partial charge in [-0.15, -0.1) is 0 Å². The second-order valence-electron chi connectivity index (χ2n) is 6.35. The SMILES string of the molecule is CC(NC(=O)CN1CCC(C#N)CC1)C(=O)N1CCCCC1. The third-order valence-corrected chi connectivity index (χ3v) is 4.55. The lowest BCUT2D eigenvalue weighted by Crippen LogP contribution is -2.51. The van der Waals surface area contributed by atoms with Gasteiger partial charge in [0.1, 0.15) is 6.04 Å². The van der Waals surface area contributed by atoms with E-state index in [1.165, 1.54) is 6.42 Å². The normalized spacial score (nSPS) is 21.9. The third-order valence-electron chi connectivity index (χ3n) is 4.55. The van der Waals surface area contributed by atoms with Crippen LogP contribution in [0.15, 0.2) is 0 Å². The van der Waals surface area contributed by atoms with Crippen LogP contribution in [0, 0.1) is 17.2 Å². The minimum Gasteiger partial charge on any atom is -0.343 e. The van der Waals surface area contributed by atoms with Gasteiger partial charge in [-0.2, -0.15) is 5.26 Å². The Hall–Kier alpha value is -1.61. The molecule has 6 nitrogen and oxygen atoms in total. The lowest BCUT2D eigenvalue weighted by Gasteiger charge is -2.31. The van der Waals surface area contributed by atoms with Gasteiger partial charge in [0.25, 0.3) is 0 Å². The number of hydrogen-bond donors (Lipinski definition) is 1. The molecule has 0 aromatic carbocycles. The molecule has 2 heterocycles. The van der Waals surface area contributed by atoms with Crippen molar-refractivity contribution in [2.45, 2.75) is 45.1 Å². The monoisotopic (exact) mass is 306 g/mol. The fourth-order valence-electron chi connectivity index (χ4n) is 3.16. The van der Waals surface area contributed by atoms with Crippen LogP contribution in [0.3, 0.4) is 0 Å². The number of amides is 2. The quantitative estimate of drug-likeness (QED) is 0.831. The van der Waals surface area contributed by atoms with Crippen molar-refractivity contribution in [3.63, 3.8) is 0 Å². The largest absolute Gasteiger partial charge is 0.343 e. The number of hydrogen-bond acceptors (Lipinski definition) is 4. The molecule has 2 saturated heterocycles. The Balaban J connectivity index is 1.72. The van der Waals surface area contributed by atoms with Gasteiger partial charge in [-0.25, -0.2) is 0 Å². The molecule has 2 rings (SSSR count). The highest BCUT2D eigenvalue weighted by molar-refractivity contribution is 5.88. The molecule has 0 spiro atoms. The van der Waals surface area contributed by atoms with Crippen LogP contribution >= 0.6 is 0 Å². The highest BCUT2D eigenvalue weighted by Crippen LogP contribution is 2.15. The predicted molar refractivity (Wildman–Crippen MR) is 82.8 cm³/mol. The Bertz CT molecular complexity index is 432. The second kappa shape index (κ2) is 8.14. The van der Waals surface area contributed by atoms with Gasteiger partial charge in [0, 0.05) is 19.0 Å². The molecule has 122 valence electrons. The molecule has 1 unspecified atom stereocenters. The average molecular weight is 306 g/mol. The van der Waals surface area contributed by atoms with Crippen molar-refractivity contribution < 1.29 is 9.59 Å². The van der Waals surface area contributed by atoms with Crippen LogP contribution in [-0.4, -0.2) is 60.4 Å². The molecule has 2 aliphatic rings. The first kappa shape index (κ1) is 16.8. The van der Waals surface area contributed by atoms with Gasteiger partial charge in [-0.3, -0.25) is 14.5 Å². The summed E-state index contributed by atoms with van der Waals surface area (Å²) in [6, 6.07) is 1.83. The Morgan fingerprint density at radius 1 is 1.18 bits per heavy atom. The summed E-state index contributed by atoms with van der Waals surface area (Å²) < 4.78 is 0. The Morgan fingerprint density at radius 3 is 2.41 bits per heavy atom. The first-order valence-electron chi connectivity index (χ1n) is 8.30. The van der Waals surface area contributed by atoms with Crippen molar-refractivity contribution in [3.05, 3.63) is 0 Å². The molecule has 0 aromatic heterocycles. The van der Waals surface area contributed by atoms with E-state index in [9.17, 15) is 9.59 Å². The average Bonchev–Trinajstić information content (AvgIpc) is 2.55. The zero-order valence-electron chi connectivity index (χ0n) is 13.4. The Labute approximate surface area is 132 Å². The van der Waals surface area contributed by atoms with Crippen LogP contribution in [0.2, 0.25) is 0 Å². The van der Waals surface area contributed by atoms with Crippen molar-refractivity contribution in [2.24, 2.45) is 5.92 Å². The van der Waals surface area contributed by atoms with Gasteiger partial charge in [-0.05, 0) is 52.1 Å². The summed E-state index contributed by atoms with van der Waals surface area (Å²) in [6.45, 7) is 5.24. The minimum absolute atomic E-state index is 0.0243. The van der Waals surface area contributed by atoms with Gasteiger partial charge in [-0.1, -0.05) is 0 Å². The molecule has 1 atom stereocenters. The molecular formula is C16H26N4O2. The summed E-state index contributed by atoms with van der Waals surface area (Å²) in [7, 11) is 0. The van der Waals surface area contributed by atoms with Crippen molar-refractivity contribution >= 4 is 11.8 Å². The molecule has 6 heteroatoms. The van der Waals surface area contributed by atoms with Crippen LogP contribution < -0.4 is 5.32 Å². The van der Waals surface area contributed by atoms with E-state index in [-0.39, 0.29) is 17.7 Å². The number of carbonyl (C=O) groups is 2. The summed E-state index contributed by atoms with van der Waals surface area (Å²) in [6.07, 6.45) is 4.95. The molecule has 0 bridgehead atoms. The van der Waals surface area contributed by atoms with E-state index in [1.807, 2.05) is 4.90 Å². The molecular weight excluding hydrogens is 280 g/mol. The number of nitrogens with one attached hydrogen (secondary N) is 1. The van der Waals surface area contributed by atoms with Crippen LogP contribution in [0.5, 0.6) is 0 Å². The number of rotatable bonds is 4. The Kier molecular flexibility index (Phi) is 6.20. The fraction of sp³-hybridized carbons (Fsp3) is 0.812. The van der Waals surface area contributed by atoms with E-state index in [2.05, 4.69) is 16.3 Å². The van der Waals surface area contributed by atoms with Gasteiger partial charge >= 0.3 is 0 Å². The van der Waals surface area contributed by atoms with E-state index in [0.29, 0.717) is 6.54 Å². The molecule has 2 amide bonds. The van der Waals surface area contributed by atoms with E-state index >= 15 is 0 Å². The molecule has 1 N–H and O–H groups in total. The topological polar surface area (TPSA) is 76.4 Å². The highest BCUT2D eigenvalue weighted by Gasteiger charge is 2.25. The molecule has 2 fully saturated rings. The highest BCUT2D eigenvalue weighted by atomic mass is 16.2. The van der Waals surface area contributed by atoms with Crippen LogP contribution in [-0.2, 0) is 9.59 Å². The maximum atomic E-state index is 12.3. The van der Waals surface area contributed by atoms with Crippen molar-refractivity contribution in [2.75, 3.05) is 32.7 Å². The van der Waals surface area contributed by atoms with E-state index in [4.69, 9.17) is 5.26 Å². The minimum atomic E-state index is -0.456. The maximum absolute atomic E-state index is 12.3. The van der Waals surface area contributed by atoms with Crippen LogP contribution in [0.25, 0.3) is 0 Å². The van der Waals surface area contributed by atoms with E-state index in [0.717, 1.165) is 51.9 Å². The standard InChI is InChI=1S/C16H26N4O2/c1-13(16(22)20-7-3-2-4-8-20)18-15(21)12-19-9-5-14(11-17)6-10-19/h13-14H,2-10,12H2,1H3,(H,18,21). The maximum Gasteiger partial charge on any atom is 0.244 e. The third kappa shape index (κ3) is 4.70. The molecule has 0 aliphatic carbocycles. The number of nitrogens with zero attached hydrogens (tertiary/aromatic N) is 3. The van der Waals surface area contributed by atoms with Gasteiger partial charge < -0.3 is 10.2 Å². The second-order valence-corrected chi connectivity index (χ2v) is 6.35. The summed E-state index contributed by atoms with van der Waals surface area (Å²) >= 11 is 0. The summed E-state index contributed by atoms with van der Waals surface area (Å²) in [5.74, 6) is 0.0448. The summed E-state index contributed by atoms with van der Waals surface area (Å²) in [5, 5.41) is 11.7. The molecule has 22 heavy (non-hydrogen) atoms. The van der Waals surface area contributed by atoms with Gasteiger partial charge in [0.15, 0.2) is 0 Å². The van der Waals surface area contributed by atoms with Crippen molar-refractivity contribution in [1.82, 2.24) is 15.1 Å². The predicted octanol–water partition coefficient (Wildman–Crippen LogP) is 0.739. The van der Waals surface area contributed by atoms with E-state index < -0.39 is 6.04 Å². The zero-order chi connectivity index (χ0) is 15.9. The lowest BCUT2D eigenvalue weighted by molar-refractivity contribution is -0.137. The summed E-state index contributed by atoms with van der Waals surface area (Å²) in [5.41, 5.74) is 0. The van der Waals surface area contributed by atoms with Crippen molar-refractivity contribution in [3.8, 4) is 6.07 Å². The smallest absolute Gasteiger partial charge is 0.244 e. The lowest BCUT2D eigenvalue weighted by atomic mass is 9.99. The molecule has 0 saturated carbocycles. The first-order chi connectivity index (χ1) is 10.6. The zero-order valence-corrected chi connectivity index (χ0v) is 13.4. The van der Waals surface area contributed by atoms with Crippen LogP contribution in [0.1, 0.15) is 39.0 Å². The van der Waals surface area contributed by atoms with Gasteiger partial charge in [0.2, 0.25) is 11.8 Å².